The smallest absolute Gasteiger partial charge is 0.319 e. The Morgan fingerprint density at radius 1 is 1.24 bits per heavy atom. The van der Waals surface area contributed by atoms with Gasteiger partial charge in [-0.25, -0.2) is 4.79 Å². The lowest BCUT2D eigenvalue weighted by Gasteiger charge is -2.15. The lowest BCUT2D eigenvalue weighted by molar-refractivity contribution is -0.117. The summed E-state index contributed by atoms with van der Waals surface area (Å²) in [7, 11) is 0. The Bertz CT molecular complexity index is 626. The van der Waals surface area contributed by atoms with Crippen LogP contribution in [0.15, 0.2) is 41.8 Å². The first-order valence-corrected chi connectivity index (χ1v) is 7.41. The van der Waals surface area contributed by atoms with Gasteiger partial charge in [0.1, 0.15) is 0 Å². The maximum absolute atomic E-state index is 12.0. The van der Waals surface area contributed by atoms with E-state index < -0.39 is 5.91 Å². The lowest BCUT2D eigenvalue weighted by Crippen LogP contribution is -2.31. The number of para-hydroxylation sites is 1. The zero-order valence-electron chi connectivity index (χ0n) is 11.6. The summed E-state index contributed by atoms with van der Waals surface area (Å²) in [6.45, 7) is 1.92. The Labute approximate surface area is 127 Å². The van der Waals surface area contributed by atoms with E-state index >= 15 is 0 Å². The number of primary amides is 1. The van der Waals surface area contributed by atoms with Crippen molar-refractivity contribution >= 4 is 29.0 Å². The molecule has 0 saturated carbocycles. The second kappa shape index (κ2) is 6.90. The molecule has 0 saturated heterocycles. The number of carbonyl (C=O) groups excluding carboxylic acids is 2. The fraction of sp³-hybridized carbons (Fsp3) is 0.200. The monoisotopic (exact) mass is 303 g/mol. The van der Waals surface area contributed by atoms with Gasteiger partial charge in [-0.3, -0.25) is 4.79 Å². The van der Waals surface area contributed by atoms with Gasteiger partial charge in [-0.2, -0.15) is 0 Å². The van der Waals surface area contributed by atoms with E-state index in [2.05, 4.69) is 10.6 Å². The molecule has 5 nitrogen and oxygen atoms in total. The lowest BCUT2D eigenvalue weighted by atomic mass is 10.1. The van der Waals surface area contributed by atoms with Crippen LogP contribution in [-0.2, 0) is 11.2 Å². The van der Waals surface area contributed by atoms with Gasteiger partial charge in [-0.05, 0) is 30.0 Å². The van der Waals surface area contributed by atoms with Crippen molar-refractivity contribution in [2.45, 2.75) is 19.4 Å². The molecule has 0 radical (unpaired) electrons. The molecule has 0 aliphatic heterocycles. The van der Waals surface area contributed by atoms with Gasteiger partial charge in [0.05, 0.1) is 12.5 Å². The number of benzene rings is 1. The van der Waals surface area contributed by atoms with Crippen molar-refractivity contribution < 1.29 is 9.59 Å². The molecule has 1 aromatic carbocycles. The van der Waals surface area contributed by atoms with Gasteiger partial charge in [-0.15, -0.1) is 11.3 Å². The highest BCUT2D eigenvalue weighted by molar-refractivity contribution is 7.10. The van der Waals surface area contributed by atoms with Crippen LogP contribution in [0.2, 0.25) is 0 Å². The number of hydrogen-bond donors (Lipinski definition) is 3. The van der Waals surface area contributed by atoms with Crippen molar-refractivity contribution in [2.24, 2.45) is 5.73 Å². The summed E-state index contributed by atoms with van der Waals surface area (Å²) in [6, 6.07) is 10.6. The zero-order valence-corrected chi connectivity index (χ0v) is 12.4. The highest BCUT2D eigenvalue weighted by Crippen LogP contribution is 2.19. The highest BCUT2D eigenvalue weighted by atomic mass is 32.1. The van der Waals surface area contributed by atoms with Crippen LogP contribution < -0.4 is 16.4 Å². The van der Waals surface area contributed by atoms with Crippen LogP contribution in [0.3, 0.4) is 0 Å². The number of thiophene rings is 1. The van der Waals surface area contributed by atoms with E-state index in [1.54, 1.807) is 35.6 Å². The molecule has 110 valence electrons. The Kier molecular flexibility index (Phi) is 4.94. The molecule has 1 aromatic heterocycles. The van der Waals surface area contributed by atoms with Crippen molar-refractivity contribution in [1.82, 2.24) is 5.32 Å². The number of anilines is 1. The van der Waals surface area contributed by atoms with Crippen LogP contribution in [0.5, 0.6) is 0 Å². The topological polar surface area (TPSA) is 84.2 Å². The van der Waals surface area contributed by atoms with Crippen LogP contribution >= 0.6 is 11.3 Å². The summed E-state index contributed by atoms with van der Waals surface area (Å²) in [4.78, 5) is 24.1. The minimum Gasteiger partial charge on any atom is -0.369 e. The first kappa shape index (κ1) is 15.1. The fourth-order valence-corrected chi connectivity index (χ4v) is 2.68. The number of rotatable bonds is 5. The van der Waals surface area contributed by atoms with Crippen molar-refractivity contribution in [3.63, 3.8) is 0 Å². The van der Waals surface area contributed by atoms with Crippen LogP contribution in [0, 0.1) is 0 Å². The second-order valence-corrected chi connectivity index (χ2v) is 5.62. The molecule has 6 heteroatoms. The number of hydrogen-bond acceptors (Lipinski definition) is 3. The molecule has 21 heavy (non-hydrogen) atoms. The summed E-state index contributed by atoms with van der Waals surface area (Å²) in [5, 5.41) is 7.58. The van der Waals surface area contributed by atoms with Crippen molar-refractivity contribution in [3.8, 4) is 0 Å². The molecule has 2 aromatic rings. The molecule has 0 bridgehead atoms. The third kappa shape index (κ3) is 4.32. The van der Waals surface area contributed by atoms with Crippen molar-refractivity contribution in [2.75, 3.05) is 5.32 Å². The third-order valence-electron chi connectivity index (χ3n) is 2.95. The van der Waals surface area contributed by atoms with E-state index in [9.17, 15) is 9.59 Å². The van der Waals surface area contributed by atoms with Crippen molar-refractivity contribution in [3.05, 3.63) is 52.2 Å². The Balaban J connectivity index is 2.01. The SMILES string of the molecule is C[C@H](NC(=O)Nc1ccccc1CC(N)=O)c1cccs1. The summed E-state index contributed by atoms with van der Waals surface area (Å²) < 4.78 is 0. The zero-order chi connectivity index (χ0) is 15.2. The van der Waals surface area contributed by atoms with Gasteiger partial charge in [0.15, 0.2) is 0 Å². The Morgan fingerprint density at radius 2 is 2.00 bits per heavy atom. The van der Waals surface area contributed by atoms with E-state index in [1.165, 1.54) is 0 Å². The predicted octanol–water partition coefficient (Wildman–Crippen LogP) is 2.66. The molecule has 0 aliphatic carbocycles. The molecule has 0 aliphatic rings. The molecule has 0 fully saturated rings. The van der Waals surface area contributed by atoms with E-state index in [1.807, 2.05) is 24.4 Å². The average molecular weight is 303 g/mol. The van der Waals surface area contributed by atoms with Gasteiger partial charge in [0, 0.05) is 10.6 Å². The summed E-state index contributed by atoms with van der Waals surface area (Å²) in [5.41, 5.74) is 6.49. The van der Waals surface area contributed by atoms with Crippen LogP contribution in [0.4, 0.5) is 10.5 Å². The van der Waals surface area contributed by atoms with Crippen LogP contribution in [-0.4, -0.2) is 11.9 Å². The molecular weight excluding hydrogens is 286 g/mol. The number of nitrogens with two attached hydrogens (primary N) is 1. The minimum atomic E-state index is -0.434. The van der Waals surface area contributed by atoms with E-state index in [4.69, 9.17) is 5.73 Å². The van der Waals surface area contributed by atoms with Crippen LogP contribution in [0.25, 0.3) is 0 Å². The number of amides is 3. The fourth-order valence-electron chi connectivity index (χ4n) is 1.95. The average Bonchev–Trinajstić information content (AvgIpc) is 2.94. The first-order valence-electron chi connectivity index (χ1n) is 6.53. The Morgan fingerprint density at radius 3 is 2.67 bits per heavy atom. The number of urea groups is 1. The van der Waals surface area contributed by atoms with Gasteiger partial charge in [-0.1, -0.05) is 24.3 Å². The van der Waals surface area contributed by atoms with E-state index in [0.29, 0.717) is 11.3 Å². The molecule has 0 spiro atoms. The maximum Gasteiger partial charge on any atom is 0.319 e. The molecule has 1 heterocycles. The van der Waals surface area contributed by atoms with Gasteiger partial charge in [0.2, 0.25) is 5.91 Å². The second-order valence-electron chi connectivity index (χ2n) is 4.64. The summed E-state index contributed by atoms with van der Waals surface area (Å²) >= 11 is 1.59. The van der Waals surface area contributed by atoms with Gasteiger partial charge in [0.25, 0.3) is 0 Å². The number of carbonyl (C=O) groups is 2. The highest BCUT2D eigenvalue weighted by Gasteiger charge is 2.12. The quantitative estimate of drug-likeness (QED) is 0.793. The van der Waals surface area contributed by atoms with E-state index in [-0.39, 0.29) is 18.5 Å². The third-order valence-corrected chi connectivity index (χ3v) is 4.00. The molecular formula is C15H17N3O2S. The summed E-state index contributed by atoms with van der Waals surface area (Å²) in [6.07, 6.45) is 0.0942. The van der Waals surface area contributed by atoms with Gasteiger partial charge < -0.3 is 16.4 Å². The van der Waals surface area contributed by atoms with Crippen molar-refractivity contribution in [1.29, 1.82) is 0 Å². The normalized spacial score (nSPS) is 11.7. The molecule has 1 atom stereocenters. The van der Waals surface area contributed by atoms with E-state index in [0.717, 1.165) is 4.88 Å². The minimum absolute atomic E-state index is 0.0756. The van der Waals surface area contributed by atoms with Gasteiger partial charge >= 0.3 is 6.03 Å². The maximum atomic E-state index is 12.0. The molecule has 0 unspecified atom stereocenters. The predicted molar refractivity (Wildman–Crippen MR) is 84.2 cm³/mol. The Hall–Kier alpha value is -2.34. The molecule has 4 N–H and O–H groups in total. The molecule has 3 amide bonds. The number of nitrogens with one attached hydrogen (secondary N) is 2. The first-order chi connectivity index (χ1) is 10.1. The van der Waals surface area contributed by atoms with Crippen LogP contribution in [0.1, 0.15) is 23.4 Å². The largest absolute Gasteiger partial charge is 0.369 e. The standard InChI is InChI=1S/C15H17N3O2S/c1-10(13-7-4-8-21-13)17-15(20)18-12-6-3-2-5-11(12)9-14(16)19/h2-8,10H,9H2,1H3,(H2,16,19)(H2,17,18,20)/t10-/m0/s1. The molecule has 2 rings (SSSR count). The summed E-state index contributed by atoms with van der Waals surface area (Å²) in [5.74, 6) is -0.434.